The fourth-order valence-electron chi connectivity index (χ4n) is 3.64. The summed E-state index contributed by atoms with van der Waals surface area (Å²) in [5, 5.41) is 8.22. The number of carbonyl (C=O) groups excluding carboxylic acids is 2. The number of hydrogen-bond donors (Lipinski definition) is 1. The molecule has 0 aliphatic rings. The third-order valence-corrected chi connectivity index (χ3v) is 5.51. The van der Waals surface area contributed by atoms with Crippen molar-refractivity contribution in [3.05, 3.63) is 102 Å². The number of rotatable bonds is 8. The van der Waals surface area contributed by atoms with Crippen molar-refractivity contribution in [2.45, 2.75) is 13.3 Å². The molecular weight excluding hydrogens is 448 g/mol. The van der Waals surface area contributed by atoms with Gasteiger partial charge in [-0.2, -0.15) is 5.10 Å². The van der Waals surface area contributed by atoms with Crippen LogP contribution in [0.4, 0.5) is 5.82 Å². The topological polar surface area (TPSA) is 67.2 Å². The zero-order valence-corrected chi connectivity index (χ0v) is 19.6. The van der Waals surface area contributed by atoms with Crippen LogP contribution in [0.25, 0.3) is 16.9 Å². The van der Waals surface area contributed by atoms with Crippen molar-refractivity contribution >= 4 is 29.2 Å². The Kier molecular flexibility index (Phi) is 7.40. The van der Waals surface area contributed by atoms with Crippen molar-refractivity contribution in [2.24, 2.45) is 0 Å². The summed E-state index contributed by atoms with van der Waals surface area (Å²) in [7, 11) is 0. The van der Waals surface area contributed by atoms with E-state index in [1.807, 2.05) is 73.7 Å². The average molecular weight is 473 g/mol. The molecule has 0 bridgehead atoms. The normalized spacial score (nSPS) is 10.6. The van der Waals surface area contributed by atoms with E-state index in [4.69, 9.17) is 16.7 Å². The molecule has 0 aliphatic carbocycles. The molecule has 0 saturated heterocycles. The molecule has 2 amide bonds. The van der Waals surface area contributed by atoms with Crippen LogP contribution in [0.2, 0.25) is 5.02 Å². The highest BCUT2D eigenvalue weighted by atomic mass is 35.5. The maximum Gasteiger partial charge on any atom is 0.254 e. The van der Waals surface area contributed by atoms with Gasteiger partial charge in [-0.25, -0.2) is 4.68 Å². The molecule has 7 heteroatoms. The van der Waals surface area contributed by atoms with Gasteiger partial charge < -0.3 is 10.2 Å². The Morgan fingerprint density at radius 3 is 2.24 bits per heavy atom. The first kappa shape index (κ1) is 23.3. The third kappa shape index (κ3) is 5.53. The number of aromatic nitrogens is 2. The number of nitrogens with one attached hydrogen (secondary N) is 1. The van der Waals surface area contributed by atoms with Gasteiger partial charge in [-0.05, 0) is 42.8 Å². The van der Waals surface area contributed by atoms with Crippen LogP contribution in [-0.2, 0) is 4.79 Å². The largest absolute Gasteiger partial charge is 0.329 e. The maximum atomic E-state index is 13.0. The minimum Gasteiger partial charge on any atom is -0.329 e. The maximum absolute atomic E-state index is 13.0. The van der Waals surface area contributed by atoms with Gasteiger partial charge in [0.05, 0.1) is 11.4 Å². The quantitative estimate of drug-likeness (QED) is 0.358. The van der Waals surface area contributed by atoms with E-state index in [-0.39, 0.29) is 18.4 Å². The number of hydrogen-bond acceptors (Lipinski definition) is 3. The fraction of sp³-hybridized carbons (Fsp3) is 0.148. The number of nitrogens with zero attached hydrogens (tertiary/aromatic N) is 3. The Labute approximate surface area is 203 Å². The molecule has 34 heavy (non-hydrogen) atoms. The number of halogens is 1. The third-order valence-electron chi connectivity index (χ3n) is 5.25. The molecule has 0 spiro atoms. The summed E-state index contributed by atoms with van der Waals surface area (Å²) >= 11 is 5.95. The first-order valence-electron chi connectivity index (χ1n) is 11.1. The predicted octanol–water partition coefficient (Wildman–Crippen LogP) is 5.68. The van der Waals surface area contributed by atoms with Crippen LogP contribution in [-0.4, -0.2) is 39.6 Å². The fourth-order valence-corrected chi connectivity index (χ4v) is 3.77. The second-order valence-electron chi connectivity index (χ2n) is 7.81. The first-order valence-corrected chi connectivity index (χ1v) is 11.5. The summed E-state index contributed by atoms with van der Waals surface area (Å²) in [6.07, 6.45) is 0.729. The summed E-state index contributed by atoms with van der Waals surface area (Å²) in [6.45, 7) is 2.36. The molecule has 6 nitrogen and oxygen atoms in total. The number of carbonyl (C=O) groups is 2. The highest BCUT2D eigenvalue weighted by Crippen LogP contribution is 2.24. The monoisotopic (exact) mass is 472 g/mol. The van der Waals surface area contributed by atoms with Crippen LogP contribution in [0, 0.1) is 0 Å². The van der Waals surface area contributed by atoms with E-state index in [0.29, 0.717) is 22.9 Å². The van der Waals surface area contributed by atoms with Gasteiger partial charge in [0.2, 0.25) is 5.91 Å². The molecule has 4 aromatic rings. The molecule has 0 atom stereocenters. The van der Waals surface area contributed by atoms with Crippen LogP contribution in [0.1, 0.15) is 23.7 Å². The second-order valence-corrected chi connectivity index (χ2v) is 8.25. The summed E-state index contributed by atoms with van der Waals surface area (Å²) in [5.74, 6) is 0.0214. The molecule has 1 N–H and O–H groups in total. The SMILES string of the molecule is CCCN(CC(=O)Nc1cc(-c2ccccc2)nn1-c1ccccc1)C(=O)c1ccc(Cl)cc1. The van der Waals surface area contributed by atoms with Crippen molar-refractivity contribution in [3.8, 4) is 16.9 Å². The molecule has 0 unspecified atom stereocenters. The molecule has 0 radical (unpaired) electrons. The summed E-state index contributed by atoms with van der Waals surface area (Å²) in [4.78, 5) is 27.6. The zero-order valence-electron chi connectivity index (χ0n) is 18.8. The second kappa shape index (κ2) is 10.8. The van der Waals surface area contributed by atoms with Gasteiger partial charge in [0.15, 0.2) is 0 Å². The van der Waals surface area contributed by atoms with Gasteiger partial charge in [0.1, 0.15) is 12.4 Å². The van der Waals surface area contributed by atoms with Gasteiger partial charge in [-0.1, -0.05) is 67.1 Å². The Balaban J connectivity index is 1.58. The van der Waals surface area contributed by atoms with Crippen molar-refractivity contribution < 1.29 is 9.59 Å². The zero-order chi connectivity index (χ0) is 23.9. The Morgan fingerprint density at radius 2 is 1.59 bits per heavy atom. The standard InChI is InChI=1S/C27H25ClN4O2/c1-2-17-31(27(34)21-13-15-22(28)16-14-21)19-26(33)29-25-18-24(20-9-5-3-6-10-20)30-32(25)23-11-7-4-8-12-23/h3-16,18H,2,17,19H2,1H3,(H,29,33). The van der Waals surface area contributed by atoms with Crippen molar-refractivity contribution in [1.82, 2.24) is 14.7 Å². The van der Waals surface area contributed by atoms with E-state index in [1.54, 1.807) is 33.8 Å². The van der Waals surface area contributed by atoms with E-state index in [0.717, 1.165) is 23.4 Å². The smallest absolute Gasteiger partial charge is 0.254 e. The molecule has 0 fully saturated rings. The van der Waals surface area contributed by atoms with E-state index in [1.165, 1.54) is 0 Å². The average Bonchev–Trinajstić information content (AvgIpc) is 3.28. The Hall–Kier alpha value is -3.90. The lowest BCUT2D eigenvalue weighted by Crippen LogP contribution is -2.38. The minimum atomic E-state index is -0.299. The molecule has 1 heterocycles. The van der Waals surface area contributed by atoms with Gasteiger partial charge in [0.25, 0.3) is 5.91 Å². The van der Waals surface area contributed by atoms with E-state index in [2.05, 4.69) is 5.32 Å². The van der Waals surface area contributed by atoms with Gasteiger partial charge in [0, 0.05) is 28.8 Å². The Bertz CT molecular complexity index is 1260. The van der Waals surface area contributed by atoms with Crippen molar-refractivity contribution in [1.29, 1.82) is 0 Å². The molecule has 3 aromatic carbocycles. The molecule has 172 valence electrons. The first-order chi connectivity index (χ1) is 16.5. The van der Waals surface area contributed by atoms with E-state index < -0.39 is 0 Å². The summed E-state index contributed by atoms with van der Waals surface area (Å²) in [5.41, 5.74) is 2.99. The predicted molar refractivity (Wildman–Crippen MR) is 135 cm³/mol. The van der Waals surface area contributed by atoms with Gasteiger partial charge in [-0.3, -0.25) is 9.59 Å². The van der Waals surface area contributed by atoms with Gasteiger partial charge >= 0.3 is 0 Å². The Morgan fingerprint density at radius 1 is 0.941 bits per heavy atom. The van der Waals surface area contributed by atoms with Crippen LogP contribution < -0.4 is 5.32 Å². The number of benzene rings is 3. The van der Waals surface area contributed by atoms with Crippen LogP contribution >= 0.6 is 11.6 Å². The van der Waals surface area contributed by atoms with Crippen LogP contribution in [0.15, 0.2) is 91.0 Å². The lowest BCUT2D eigenvalue weighted by atomic mass is 10.1. The van der Waals surface area contributed by atoms with Crippen LogP contribution in [0.5, 0.6) is 0 Å². The number of anilines is 1. The highest BCUT2D eigenvalue weighted by molar-refractivity contribution is 6.30. The molecular formula is C27H25ClN4O2. The van der Waals surface area contributed by atoms with E-state index >= 15 is 0 Å². The number of amides is 2. The summed E-state index contributed by atoms with van der Waals surface area (Å²) < 4.78 is 1.70. The van der Waals surface area contributed by atoms with Gasteiger partial charge in [-0.15, -0.1) is 0 Å². The van der Waals surface area contributed by atoms with E-state index in [9.17, 15) is 9.59 Å². The molecule has 0 saturated carbocycles. The summed E-state index contributed by atoms with van der Waals surface area (Å²) in [6, 6.07) is 27.9. The van der Waals surface area contributed by atoms with Crippen molar-refractivity contribution in [3.63, 3.8) is 0 Å². The number of para-hydroxylation sites is 1. The molecule has 4 rings (SSSR count). The van der Waals surface area contributed by atoms with Crippen molar-refractivity contribution in [2.75, 3.05) is 18.4 Å². The lowest BCUT2D eigenvalue weighted by molar-refractivity contribution is -0.116. The molecule has 1 aromatic heterocycles. The molecule has 0 aliphatic heterocycles. The lowest BCUT2D eigenvalue weighted by Gasteiger charge is -2.22. The van der Waals surface area contributed by atoms with Crippen LogP contribution in [0.3, 0.4) is 0 Å². The highest BCUT2D eigenvalue weighted by Gasteiger charge is 2.20. The minimum absolute atomic E-state index is 0.0735.